The molecule has 0 aliphatic rings. The third-order valence-corrected chi connectivity index (χ3v) is 0.894. The van der Waals surface area contributed by atoms with Crippen LogP contribution in [0.15, 0.2) is 0 Å². The van der Waals surface area contributed by atoms with Crippen LogP contribution in [0.1, 0.15) is 13.8 Å². The molecule has 0 rings (SSSR count). The predicted molar refractivity (Wildman–Crippen MR) is 32.6 cm³/mol. The second-order valence-corrected chi connectivity index (χ2v) is 2.35. The number of nitrogens with one attached hydrogen (secondary N) is 3. The lowest BCUT2D eigenvalue weighted by Gasteiger charge is -2.32. The Kier molecular flexibility index (Phi) is 2.36. The molecule has 4 nitrogen and oxygen atoms in total. The van der Waals surface area contributed by atoms with Crippen molar-refractivity contribution in [3.63, 3.8) is 0 Å². The summed E-state index contributed by atoms with van der Waals surface area (Å²) < 4.78 is 0. The van der Waals surface area contributed by atoms with Gasteiger partial charge >= 0.3 is 0 Å². The van der Waals surface area contributed by atoms with Crippen molar-refractivity contribution in [2.24, 2.45) is 5.73 Å². The first-order valence-electron chi connectivity index (χ1n) is 2.54. The van der Waals surface area contributed by atoms with Gasteiger partial charge in [-0.25, -0.2) is 0 Å². The van der Waals surface area contributed by atoms with Crippen LogP contribution in [0.5, 0.6) is 0 Å². The molecular weight excluding hydrogens is 104 g/mol. The zero-order chi connectivity index (χ0) is 6.78. The van der Waals surface area contributed by atoms with Crippen LogP contribution < -0.4 is 16.3 Å². The maximum Gasteiger partial charge on any atom is 0.151 e. The first-order valence-corrected chi connectivity index (χ1v) is 2.54. The van der Waals surface area contributed by atoms with Crippen LogP contribution in [0.25, 0.3) is 5.84 Å². The molecule has 0 amide bonds. The van der Waals surface area contributed by atoms with E-state index in [1.54, 1.807) is 20.9 Å². The molecule has 0 aromatic rings. The van der Waals surface area contributed by atoms with E-state index in [1.807, 2.05) is 0 Å². The monoisotopic (exact) mass is 118 g/mol. The van der Waals surface area contributed by atoms with Gasteiger partial charge in [0, 0.05) is 20.9 Å². The fraction of sp³-hybridized carbons (Fsp3) is 1.00. The van der Waals surface area contributed by atoms with E-state index < -0.39 is 5.66 Å². The van der Waals surface area contributed by atoms with Crippen LogP contribution in [0.3, 0.4) is 0 Å². The van der Waals surface area contributed by atoms with Gasteiger partial charge in [0.15, 0.2) is 5.66 Å². The van der Waals surface area contributed by atoms with Gasteiger partial charge in [-0.1, -0.05) is 0 Å². The molecule has 0 saturated carbocycles. The maximum absolute atomic E-state index is 7.15. The lowest BCUT2D eigenvalue weighted by atomic mass is 10.3. The number of hydrogen-bond acceptors (Lipinski definition) is 2. The van der Waals surface area contributed by atoms with Crippen molar-refractivity contribution in [3.8, 4) is 0 Å². The maximum atomic E-state index is 7.15. The minimum atomic E-state index is -0.519. The van der Waals surface area contributed by atoms with Gasteiger partial charge in [0.2, 0.25) is 0 Å². The number of hydrogen-bond donors (Lipinski definition) is 3. The molecule has 8 heavy (non-hydrogen) atoms. The van der Waals surface area contributed by atoms with Crippen LogP contribution in [0.4, 0.5) is 0 Å². The Morgan fingerprint density at radius 2 is 2.00 bits per heavy atom. The second kappa shape index (κ2) is 2.41. The van der Waals surface area contributed by atoms with Gasteiger partial charge in [0.25, 0.3) is 0 Å². The van der Waals surface area contributed by atoms with Crippen molar-refractivity contribution in [1.29, 1.82) is 0 Å². The molecule has 0 aliphatic carbocycles. The summed E-state index contributed by atoms with van der Waals surface area (Å²) in [5, 5.41) is 0.359. The molecule has 1 atom stereocenters. The predicted octanol–water partition coefficient (Wildman–Crippen LogP) is -1.33. The quantitative estimate of drug-likeness (QED) is 0.310. The van der Waals surface area contributed by atoms with Crippen molar-refractivity contribution in [2.45, 2.75) is 19.5 Å². The van der Waals surface area contributed by atoms with Crippen molar-refractivity contribution >= 4 is 0 Å². The van der Waals surface area contributed by atoms with E-state index in [0.29, 0.717) is 5.12 Å². The van der Waals surface area contributed by atoms with Gasteiger partial charge in [-0.3, -0.25) is 5.73 Å². The summed E-state index contributed by atoms with van der Waals surface area (Å²) in [5.41, 5.74) is 7.65. The minimum absolute atomic E-state index is 0.359. The van der Waals surface area contributed by atoms with Gasteiger partial charge in [-0.05, 0) is 0 Å². The van der Waals surface area contributed by atoms with Crippen molar-refractivity contribution < 1.29 is 5.12 Å². The third kappa shape index (κ3) is 2.23. The summed E-state index contributed by atoms with van der Waals surface area (Å²) in [6.45, 7) is 3.57. The molecule has 0 fully saturated rings. The van der Waals surface area contributed by atoms with Gasteiger partial charge in [-0.2, -0.15) is 5.43 Å². The molecule has 0 aromatic carbocycles. The average Bonchev–Trinajstić information content (AvgIpc) is 1.62. The fourth-order valence-corrected chi connectivity index (χ4v) is 0.322. The fourth-order valence-electron chi connectivity index (χ4n) is 0.322. The average molecular weight is 118 g/mol. The molecule has 0 heterocycles. The van der Waals surface area contributed by atoms with Gasteiger partial charge in [0.1, 0.15) is 0 Å². The van der Waals surface area contributed by atoms with E-state index in [2.05, 4.69) is 5.43 Å². The number of nitrogens with two attached hydrogens (primary N) is 1. The summed E-state index contributed by atoms with van der Waals surface area (Å²) in [7, 11) is 1.69. The minimum Gasteiger partial charge on any atom is -0.447 e. The lowest BCUT2D eigenvalue weighted by molar-refractivity contribution is -0.943. The summed E-state index contributed by atoms with van der Waals surface area (Å²) >= 11 is 0. The van der Waals surface area contributed by atoms with E-state index in [-0.39, 0.29) is 0 Å². The molecule has 4 heteroatoms. The summed E-state index contributed by atoms with van der Waals surface area (Å²) in [6.07, 6.45) is 0. The highest BCUT2D eigenvalue weighted by Gasteiger charge is 2.15. The first kappa shape index (κ1) is 7.84. The SMILES string of the molecule is CN[NH+]([NH-])C(C)(C)N. The van der Waals surface area contributed by atoms with Crippen molar-refractivity contribution in [3.05, 3.63) is 5.84 Å². The van der Waals surface area contributed by atoms with Crippen LogP contribution in [-0.2, 0) is 0 Å². The van der Waals surface area contributed by atoms with E-state index in [1.165, 1.54) is 0 Å². The lowest BCUT2D eigenvalue weighted by Crippen LogP contribution is -3.21. The Morgan fingerprint density at radius 1 is 1.62 bits per heavy atom. The van der Waals surface area contributed by atoms with Crippen LogP contribution in [-0.4, -0.2) is 12.7 Å². The largest absolute Gasteiger partial charge is 0.447 e. The Bertz CT molecular complexity index is 64.9. The van der Waals surface area contributed by atoms with Crippen molar-refractivity contribution in [2.75, 3.05) is 7.05 Å². The van der Waals surface area contributed by atoms with E-state index >= 15 is 0 Å². The Labute approximate surface area is 49.8 Å². The summed E-state index contributed by atoms with van der Waals surface area (Å²) in [6, 6.07) is 0. The normalized spacial score (nSPS) is 16.1. The zero-order valence-electron chi connectivity index (χ0n) is 5.58. The van der Waals surface area contributed by atoms with E-state index in [4.69, 9.17) is 11.6 Å². The molecule has 0 radical (unpaired) electrons. The highest BCUT2D eigenvalue weighted by Crippen LogP contribution is 1.78. The zero-order valence-corrected chi connectivity index (χ0v) is 5.58. The molecule has 0 aromatic heterocycles. The number of rotatable bonds is 2. The van der Waals surface area contributed by atoms with Crippen molar-refractivity contribution in [1.82, 2.24) is 5.43 Å². The highest BCUT2D eigenvalue weighted by molar-refractivity contribution is 4.51. The smallest absolute Gasteiger partial charge is 0.151 e. The highest BCUT2D eigenvalue weighted by atomic mass is 15.7. The Morgan fingerprint density at radius 3 is 2.00 bits per heavy atom. The Hall–Kier alpha value is -0.160. The first-order chi connectivity index (χ1) is 3.48. The van der Waals surface area contributed by atoms with Gasteiger partial charge in [-0.15, -0.1) is 0 Å². The Balaban J connectivity index is 3.62. The van der Waals surface area contributed by atoms with E-state index in [9.17, 15) is 0 Å². The summed E-state index contributed by atoms with van der Waals surface area (Å²) in [5.74, 6) is 7.15. The molecular formula is C4H14N4. The molecule has 50 valence electrons. The molecule has 1 unspecified atom stereocenters. The van der Waals surface area contributed by atoms with Gasteiger partial charge in [0.05, 0.1) is 0 Å². The van der Waals surface area contributed by atoms with Crippen LogP contribution in [0.2, 0.25) is 0 Å². The van der Waals surface area contributed by atoms with E-state index in [0.717, 1.165) is 0 Å². The standard InChI is InChI=1S/C4H14N4/c1-4(2,5)8(6)7-3/h6-8H,5H2,1-3H3. The van der Waals surface area contributed by atoms with Crippen LogP contribution in [0, 0.1) is 0 Å². The third-order valence-electron chi connectivity index (χ3n) is 0.894. The molecule has 5 N–H and O–H groups in total. The molecule has 0 spiro atoms. The molecule has 0 saturated heterocycles. The molecule has 0 bridgehead atoms. The van der Waals surface area contributed by atoms with Gasteiger partial charge < -0.3 is 11.0 Å². The second-order valence-electron chi connectivity index (χ2n) is 2.35. The summed E-state index contributed by atoms with van der Waals surface area (Å²) in [4.78, 5) is 0. The van der Waals surface area contributed by atoms with Crippen LogP contribution >= 0.6 is 0 Å². The topological polar surface area (TPSA) is 66.3 Å². The number of quaternary nitrogens is 1. The molecule has 0 aliphatic heterocycles.